The average Bonchev–Trinajstić information content (AvgIpc) is 3.24. The van der Waals surface area contributed by atoms with Crippen molar-refractivity contribution in [2.45, 2.75) is 32.4 Å². The number of aryl methyl sites for hydroxylation is 1. The van der Waals surface area contributed by atoms with E-state index in [0.717, 1.165) is 57.5 Å². The fourth-order valence-electron chi connectivity index (χ4n) is 3.75. The maximum absolute atomic E-state index is 12.7. The summed E-state index contributed by atoms with van der Waals surface area (Å²) in [5, 5.41) is 4.57. The van der Waals surface area contributed by atoms with Crippen LogP contribution in [-0.4, -0.2) is 50.1 Å². The van der Waals surface area contributed by atoms with Gasteiger partial charge in [0.15, 0.2) is 5.69 Å². The molecule has 4 rings (SSSR count). The third kappa shape index (κ3) is 2.82. The Hall–Kier alpha value is -2.21. The topological polar surface area (TPSA) is 54.3 Å². The molecule has 0 N–H and O–H groups in total. The first-order valence-corrected chi connectivity index (χ1v) is 8.67. The molecule has 0 saturated carbocycles. The summed E-state index contributed by atoms with van der Waals surface area (Å²) in [5.41, 5.74) is 4.28. The Bertz CT molecular complexity index is 733. The summed E-state index contributed by atoms with van der Waals surface area (Å²) in [6, 6.07) is 4.11. The zero-order valence-corrected chi connectivity index (χ0v) is 14.1. The first-order chi connectivity index (χ1) is 11.7. The van der Waals surface area contributed by atoms with Gasteiger partial charge in [0.05, 0.1) is 5.69 Å². The van der Waals surface area contributed by atoms with Crippen LogP contribution in [0.15, 0.2) is 24.5 Å². The number of carbonyl (C=O) groups excluding carboxylic acids is 1. The zero-order chi connectivity index (χ0) is 16.5. The van der Waals surface area contributed by atoms with Gasteiger partial charge in [-0.05, 0) is 37.0 Å². The minimum absolute atomic E-state index is 0.118. The number of rotatable bonds is 3. The Morgan fingerprint density at radius 3 is 2.67 bits per heavy atom. The van der Waals surface area contributed by atoms with Crippen LogP contribution in [-0.2, 0) is 26.6 Å². The van der Waals surface area contributed by atoms with Crippen molar-refractivity contribution >= 4 is 5.91 Å². The van der Waals surface area contributed by atoms with Crippen LogP contribution in [0, 0.1) is 0 Å². The monoisotopic (exact) mass is 325 g/mol. The number of pyridine rings is 1. The van der Waals surface area contributed by atoms with Crippen molar-refractivity contribution in [1.29, 1.82) is 0 Å². The maximum atomic E-state index is 12.7. The van der Waals surface area contributed by atoms with Crippen LogP contribution in [0.4, 0.5) is 0 Å². The van der Waals surface area contributed by atoms with Crippen molar-refractivity contribution in [2.24, 2.45) is 7.05 Å². The second-order valence-electron chi connectivity index (χ2n) is 6.71. The van der Waals surface area contributed by atoms with Crippen LogP contribution in [0.25, 0.3) is 0 Å². The molecule has 0 atom stereocenters. The lowest BCUT2D eigenvalue weighted by molar-refractivity contribution is 0.0784. The molecule has 6 heteroatoms. The highest BCUT2D eigenvalue weighted by Gasteiger charge is 2.30. The summed E-state index contributed by atoms with van der Waals surface area (Å²) < 4.78 is 1.90. The Morgan fingerprint density at radius 2 is 1.92 bits per heavy atom. The van der Waals surface area contributed by atoms with Gasteiger partial charge in [-0.2, -0.15) is 5.10 Å². The van der Waals surface area contributed by atoms with Crippen molar-refractivity contribution in [3.8, 4) is 0 Å². The molecular weight excluding hydrogens is 302 g/mol. The van der Waals surface area contributed by atoms with E-state index in [1.165, 1.54) is 11.3 Å². The van der Waals surface area contributed by atoms with Gasteiger partial charge in [-0.3, -0.25) is 19.4 Å². The quantitative estimate of drug-likeness (QED) is 0.860. The van der Waals surface area contributed by atoms with Gasteiger partial charge in [0.25, 0.3) is 5.91 Å². The zero-order valence-electron chi connectivity index (χ0n) is 14.1. The Balaban J connectivity index is 1.53. The van der Waals surface area contributed by atoms with Gasteiger partial charge in [-0.1, -0.05) is 0 Å². The van der Waals surface area contributed by atoms with Crippen molar-refractivity contribution < 1.29 is 4.79 Å². The van der Waals surface area contributed by atoms with E-state index in [-0.39, 0.29) is 5.91 Å². The molecule has 0 aromatic carbocycles. The standard InChI is InChI=1S/C18H23N5O/c1-21-16-13-22(12-14-4-7-19-8-5-14)11-6-15(16)17(20-21)18(24)23-9-2-3-10-23/h4-5,7-8H,2-3,6,9-13H2,1H3. The molecule has 2 aromatic heterocycles. The largest absolute Gasteiger partial charge is 0.337 e. The molecule has 6 nitrogen and oxygen atoms in total. The lowest BCUT2D eigenvalue weighted by atomic mass is 10.0. The van der Waals surface area contributed by atoms with E-state index in [1.54, 1.807) is 0 Å². The summed E-state index contributed by atoms with van der Waals surface area (Å²) in [7, 11) is 1.95. The van der Waals surface area contributed by atoms with Crippen molar-refractivity contribution in [3.05, 3.63) is 47.0 Å². The third-order valence-corrected chi connectivity index (χ3v) is 5.08. The van der Waals surface area contributed by atoms with E-state index in [0.29, 0.717) is 5.69 Å². The Kier molecular flexibility index (Phi) is 4.06. The molecule has 0 spiro atoms. The molecule has 0 radical (unpaired) electrons. The van der Waals surface area contributed by atoms with Crippen LogP contribution in [0.5, 0.6) is 0 Å². The fourth-order valence-corrected chi connectivity index (χ4v) is 3.75. The van der Waals surface area contributed by atoms with Crippen molar-refractivity contribution in [3.63, 3.8) is 0 Å². The van der Waals surface area contributed by atoms with Gasteiger partial charge in [0.2, 0.25) is 0 Å². The van der Waals surface area contributed by atoms with E-state index >= 15 is 0 Å². The molecule has 2 aliphatic heterocycles. The van der Waals surface area contributed by atoms with Gasteiger partial charge < -0.3 is 4.90 Å². The maximum Gasteiger partial charge on any atom is 0.274 e. The third-order valence-electron chi connectivity index (χ3n) is 5.08. The van der Waals surface area contributed by atoms with Crippen molar-refractivity contribution in [2.75, 3.05) is 19.6 Å². The summed E-state index contributed by atoms with van der Waals surface area (Å²) in [4.78, 5) is 21.2. The molecule has 24 heavy (non-hydrogen) atoms. The smallest absolute Gasteiger partial charge is 0.274 e. The number of nitrogens with zero attached hydrogens (tertiary/aromatic N) is 5. The highest BCUT2D eigenvalue weighted by atomic mass is 16.2. The molecule has 1 amide bonds. The van der Waals surface area contributed by atoms with Gasteiger partial charge >= 0.3 is 0 Å². The summed E-state index contributed by atoms with van der Waals surface area (Å²) in [6.45, 7) is 4.45. The first kappa shape index (κ1) is 15.3. The van der Waals surface area contributed by atoms with Crippen LogP contribution in [0.3, 0.4) is 0 Å². The molecule has 0 unspecified atom stereocenters. The normalized spacial score (nSPS) is 18.0. The summed E-state index contributed by atoms with van der Waals surface area (Å²) in [6.07, 6.45) is 6.79. The molecule has 1 saturated heterocycles. The molecule has 4 heterocycles. The number of hydrogen-bond donors (Lipinski definition) is 0. The number of aromatic nitrogens is 3. The predicted molar refractivity (Wildman–Crippen MR) is 90.4 cm³/mol. The average molecular weight is 325 g/mol. The van der Waals surface area contributed by atoms with Crippen LogP contribution in [0.2, 0.25) is 0 Å². The van der Waals surface area contributed by atoms with Crippen LogP contribution < -0.4 is 0 Å². The molecule has 2 aromatic rings. The number of hydrogen-bond acceptors (Lipinski definition) is 4. The molecule has 0 bridgehead atoms. The van der Waals surface area contributed by atoms with E-state index in [2.05, 4.69) is 27.1 Å². The van der Waals surface area contributed by atoms with Crippen LogP contribution >= 0.6 is 0 Å². The Labute approximate surface area is 142 Å². The van der Waals surface area contributed by atoms with E-state index in [9.17, 15) is 4.79 Å². The predicted octanol–water partition coefficient (Wildman–Crippen LogP) is 1.61. The van der Waals surface area contributed by atoms with E-state index in [4.69, 9.17) is 0 Å². The number of fused-ring (bicyclic) bond motifs is 1. The highest BCUT2D eigenvalue weighted by Crippen LogP contribution is 2.25. The lowest BCUT2D eigenvalue weighted by Crippen LogP contribution is -2.32. The van der Waals surface area contributed by atoms with Crippen molar-refractivity contribution in [1.82, 2.24) is 24.6 Å². The van der Waals surface area contributed by atoms with E-state index < -0.39 is 0 Å². The number of amides is 1. The van der Waals surface area contributed by atoms with Gasteiger partial charge in [-0.25, -0.2) is 0 Å². The highest BCUT2D eigenvalue weighted by molar-refractivity contribution is 5.94. The summed E-state index contributed by atoms with van der Waals surface area (Å²) in [5.74, 6) is 0.118. The van der Waals surface area contributed by atoms with Crippen LogP contribution in [0.1, 0.15) is 40.2 Å². The second kappa shape index (κ2) is 6.36. The summed E-state index contributed by atoms with van der Waals surface area (Å²) >= 11 is 0. The number of likely N-dealkylation sites (tertiary alicyclic amines) is 1. The van der Waals surface area contributed by atoms with Gasteiger partial charge in [0.1, 0.15) is 0 Å². The molecule has 2 aliphatic rings. The number of carbonyl (C=O) groups is 1. The molecule has 1 fully saturated rings. The SMILES string of the molecule is Cn1nc(C(=O)N2CCCC2)c2c1CN(Cc1ccncc1)CC2. The van der Waals surface area contributed by atoms with Gasteiger partial charge in [0, 0.05) is 57.7 Å². The van der Waals surface area contributed by atoms with E-state index in [1.807, 2.05) is 29.0 Å². The molecule has 126 valence electrons. The minimum atomic E-state index is 0.118. The first-order valence-electron chi connectivity index (χ1n) is 8.67. The fraction of sp³-hybridized carbons (Fsp3) is 0.500. The second-order valence-corrected chi connectivity index (χ2v) is 6.71. The van der Waals surface area contributed by atoms with Gasteiger partial charge in [-0.15, -0.1) is 0 Å². The molecule has 0 aliphatic carbocycles. The lowest BCUT2D eigenvalue weighted by Gasteiger charge is -2.27. The Morgan fingerprint density at radius 1 is 1.17 bits per heavy atom. The minimum Gasteiger partial charge on any atom is -0.337 e. The molecular formula is C18H23N5O.